The number of thioether (sulfide) groups is 1. The SMILES string of the molecule is CC(=O)O[C@@H]1[C@@H](OC(C)=O)[C@H](OC(C)=O)CS[C@H]1Oc1cncc(-c2ccc(C#N)nc2)c1. The number of hydrogen-bond donors (Lipinski definition) is 0. The molecule has 0 aromatic carbocycles. The molecule has 11 heteroatoms. The molecular formula is C22H21N3O7S. The molecule has 172 valence electrons. The van der Waals surface area contributed by atoms with Crippen LogP contribution in [0.3, 0.4) is 0 Å². The molecule has 0 aliphatic carbocycles. The standard InChI is InChI=1S/C22H21N3O7S/c1-12(26)29-19-11-33-22(21(31-14(3)28)20(19)30-13(2)27)32-18-6-16(8-24-10-18)15-4-5-17(7-23)25-9-15/h4-6,8-10,19-22H,11H2,1-3H3/t19-,20+,21-,22-/m1/s1. The second-order valence-electron chi connectivity index (χ2n) is 7.07. The summed E-state index contributed by atoms with van der Waals surface area (Å²) in [6.45, 7) is 3.68. The van der Waals surface area contributed by atoms with Crippen molar-refractivity contribution in [3.05, 3.63) is 42.5 Å². The molecule has 0 unspecified atom stereocenters. The van der Waals surface area contributed by atoms with Gasteiger partial charge in [-0.2, -0.15) is 5.26 Å². The van der Waals surface area contributed by atoms with Gasteiger partial charge in [0.25, 0.3) is 0 Å². The van der Waals surface area contributed by atoms with Gasteiger partial charge in [0, 0.05) is 50.0 Å². The van der Waals surface area contributed by atoms with Gasteiger partial charge < -0.3 is 18.9 Å². The summed E-state index contributed by atoms with van der Waals surface area (Å²) in [6.07, 6.45) is 1.78. The number of hydrogen-bond acceptors (Lipinski definition) is 11. The van der Waals surface area contributed by atoms with Crippen LogP contribution in [0.2, 0.25) is 0 Å². The van der Waals surface area contributed by atoms with Crippen molar-refractivity contribution < 1.29 is 33.3 Å². The number of aromatic nitrogens is 2. The fourth-order valence-corrected chi connectivity index (χ4v) is 4.43. The minimum atomic E-state index is -1.04. The van der Waals surface area contributed by atoms with Gasteiger partial charge in [-0.15, -0.1) is 11.8 Å². The maximum atomic E-state index is 11.8. The maximum absolute atomic E-state index is 11.8. The van der Waals surface area contributed by atoms with Gasteiger partial charge in [0.2, 0.25) is 0 Å². The van der Waals surface area contributed by atoms with Gasteiger partial charge in [-0.25, -0.2) is 4.98 Å². The summed E-state index contributed by atoms with van der Waals surface area (Å²) in [5.74, 6) is -1.14. The molecule has 33 heavy (non-hydrogen) atoms. The lowest BCUT2D eigenvalue weighted by Crippen LogP contribution is -2.55. The highest BCUT2D eigenvalue weighted by atomic mass is 32.2. The Morgan fingerprint density at radius 3 is 2.27 bits per heavy atom. The first-order valence-electron chi connectivity index (χ1n) is 9.88. The highest BCUT2D eigenvalue weighted by Crippen LogP contribution is 2.35. The van der Waals surface area contributed by atoms with Crippen LogP contribution in [0.1, 0.15) is 26.5 Å². The third kappa shape index (κ3) is 6.43. The molecule has 3 heterocycles. The van der Waals surface area contributed by atoms with E-state index < -0.39 is 41.7 Å². The first-order chi connectivity index (χ1) is 15.8. The molecule has 1 saturated heterocycles. The van der Waals surface area contributed by atoms with E-state index in [1.54, 1.807) is 30.6 Å². The number of rotatable bonds is 6. The molecule has 0 saturated carbocycles. The molecule has 2 aromatic heterocycles. The van der Waals surface area contributed by atoms with E-state index in [9.17, 15) is 14.4 Å². The fourth-order valence-electron chi connectivity index (χ4n) is 3.22. The van der Waals surface area contributed by atoms with E-state index in [1.165, 1.54) is 38.7 Å². The molecule has 0 bridgehead atoms. The minimum absolute atomic E-state index is 0.257. The van der Waals surface area contributed by atoms with Crippen molar-refractivity contribution >= 4 is 29.7 Å². The van der Waals surface area contributed by atoms with Gasteiger partial charge >= 0.3 is 17.9 Å². The van der Waals surface area contributed by atoms with Crippen LogP contribution in [0.4, 0.5) is 0 Å². The quantitative estimate of drug-likeness (QED) is 0.453. The summed E-state index contributed by atoms with van der Waals surface area (Å²) in [7, 11) is 0. The average molecular weight is 471 g/mol. The number of nitriles is 1. The number of ether oxygens (including phenoxy) is 4. The van der Waals surface area contributed by atoms with Crippen molar-refractivity contribution in [1.82, 2.24) is 9.97 Å². The summed E-state index contributed by atoms with van der Waals surface area (Å²) in [4.78, 5) is 43.2. The Morgan fingerprint density at radius 1 is 0.970 bits per heavy atom. The van der Waals surface area contributed by atoms with E-state index in [-0.39, 0.29) is 5.75 Å². The molecule has 0 spiro atoms. The zero-order chi connectivity index (χ0) is 24.0. The van der Waals surface area contributed by atoms with Crippen LogP contribution in [-0.2, 0) is 28.6 Å². The number of nitrogens with zero attached hydrogens (tertiary/aromatic N) is 3. The minimum Gasteiger partial charge on any atom is -0.474 e. The van der Waals surface area contributed by atoms with E-state index in [1.807, 2.05) is 6.07 Å². The van der Waals surface area contributed by atoms with E-state index >= 15 is 0 Å². The monoisotopic (exact) mass is 471 g/mol. The molecule has 1 aliphatic rings. The molecule has 2 aromatic rings. The third-order valence-corrected chi connectivity index (χ3v) is 5.70. The van der Waals surface area contributed by atoms with Crippen molar-refractivity contribution in [3.8, 4) is 22.9 Å². The van der Waals surface area contributed by atoms with Gasteiger partial charge in [0.1, 0.15) is 17.5 Å². The Morgan fingerprint density at radius 2 is 1.67 bits per heavy atom. The predicted molar refractivity (Wildman–Crippen MR) is 116 cm³/mol. The van der Waals surface area contributed by atoms with Crippen LogP contribution in [0.25, 0.3) is 11.1 Å². The maximum Gasteiger partial charge on any atom is 0.303 e. The smallest absolute Gasteiger partial charge is 0.303 e. The Hall–Kier alpha value is -3.65. The molecule has 0 amide bonds. The number of carbonyl (C=O) groups is 3. The molecule has 10 nitrogen and oxygen atoms in total. The Kier molecular flexibility index (Phi) is 7.84. The summed E-state index contributed by atoms with van der Waals surface area (Å²) >= 11 is 1.25. The Labute approximate surface area is 194 Å². The lowest BCUT2D eigenvalue weighted by atomic mass is 10.1. The first-order valence-corrected chi connectivity index (χ1v) is 10.9. The van der Waals surface area contributed by atoms with Gasteiger partial charge in [-0.1, -0.05) is 0 Å². The summed E-state index contributed by atoms with van der Waals surface area (Å²) in [6, 6.07) is 7.02. The zero-order valence-electron chi connectivity index (χ0n) is 18.1. The van der Waals surface area contributed by atoms with Crippen molar-refractivity contribution in [2.75, 3.05) is 5.75 Å². The van der Waals surface area contributed by atoms with Crippen LogP contribution in [-0.4, -0.2) is 57.4 Å². The fraction of sp³-hybridized carbons (Fsp3) is 0.364. The molecule has 4 atom stereocenters. The van der Waals surface area contributed by atoms with Crippen LogP contribution >= 0.6 is 11.8 Å². The summed E-state index contributed by atoms with van der Waals surface area (Å²) in [5.41, 5.74) is 0.957. The summed E-state index contributed by atoms with van der Waals surface area (Å²) in [5, 5.41) is 8.91. The molecule has 3 rings (SSSR count). The van der Waals surface area contributed by atoms with Crippen molar-refractivity contribution in [1.29, 1.82) is 5.26 Å². The van der Waals surface area contributed by atoms with Gasteiger partial charge in [0.15, 0.2) is 23.7 Å². The molecule has 1 fully saturated rings. The van der Waals surface area contributed by atoms with E-state index in [4.69, 9.17) is 24.2 Å². The third-order valence-electron chi connectivity index (χ3n) is 4.48. The van der Waals surface area contributed by atoms with Crippen molar-refractivity contribution in [3.63, 3.8) is 0 Å². The molecule has 0 N–H and O–H groups in total. The van der Waals surface area contributed by atoms with Crippen LogP contribution < -0.4 is 4.74 Å². The van der Waals surface area contributed by atoms with Crippen LogP contribution in [0.15, 0.2) is 36.8 Å². The van der Waals surface area contributed by atoms with Gasteiger partial charge in [-0.3, -0.25) is 19.4 Å². The van der Waals surface area contributed by atoms with Gasteiger partial charge in [-0.05, 0) is 18.2 Å². The highest BCUT2D eigenvalue weighted by Gasteiger charge is 2.47. The lowest BCUT2D eigenvalue weighted by molar-refractivity contribution is -0.186. The van der Waals surface area contributed by atoms with E-state index in [0.29, 0.717) is 17.0 Å². The lowest BCUT2D eigenvalue weighted by Gasteiger charge is -2.39. The predicted octanol–water partition coefficient (Wildman–Crippen LogP) is 2.26. The molecular weight excluding hydrogens is 450 g/mol. The number of carbonyl (C=O) groups excluding carboxylic acids is 3. The second-order valence-corrected chi connectivity index (χ2v) is 8.20. The number of pyridine rings is 2. The topological polar surface area (TPSA) is 138 Å². The Balaban J connectivity index is 1.86. The highest BCUT2D eigenvalue weighted by molar-refractivity contribution is 7.99. The Bertz CT molecular complexity index is 1070. The van der Waals surface area contributed by atoms with Crippen LogP contribution in [0, 0.1) is 11.3 Å². The summed E-state index contributed by atoms with van der Waals surface area (Å²) < 4.78 is 22.1. The van der Waals surface area contributed by atoms with Crippen LogP contribution in [0.5, 0.6) is 5.75 Å². The molecule has 1 aliphatic heterocycles. The zero-order valence-corrected chi connectivity index (χ0v) is 18.9. The number of esters is 3. The van der Waals surface area contributed by atoms with Gasteiger partial charge in [0.05, 0.1) is 6.20 Å². The molecule has 0 radical (unpaired) electrons. The second kappa shape index (κ2) is 10.8. The van der Waals surface area contributed by atoms with Crippen molar-refractivity contribution in [2.24, 2.45) is 0 Å². The largest absolute Gasteiger partial charge is 0.474 e. The first kappa shape index (κ1) is 24.0. The van der Waals surface area contributed by atoms with Crippen molar-refractivity contribution in [2.45, 2.75) is 44.5 Å². The van der Waals surface area contributed by atoms with E-state index in [2.05, 4.69) is 9.97 Å². The van der Waals surface area contributed by atoms with E-state index in [0.717, 1.165) is 5.56 Å². The normalized spacial score (nSPS) is 21.9. The average Bonchev–Trinajstić information content (AvgIpc) is 2.77.